The van der Waals surface area contributed by atoms with Crippen molar-refractivity contribution in [2.45, 2.75) is 51.6 Å². The van der Waals surface area contributed by atoms with Crippen LogP contribution in [0.3, 0.4) is 0 Å². The third kappa shape index (κ3) is 2.19. The molecule has 1 N–H and O–H groups in total. The van der Waals surface area contributed by atoms with Gasteiger partial charge in [0.25, 0.3) is 0 Å². The molecule has 1 aliphatic heterocycles. The van der Waals surface area contributed by atoms with E-state index in [4.69, 9.17) is 0 Å². The fraction of sp³-hybridized carbons (Fsp3) is 1.00. The molecule has 1 unspecified atom stereocenters. The highest BCUT2D eigenvalue weighted by molar-refractivity contribution is 7.85. The first-order valence-electron chi connectivity index (χ1n) is 5.69. The van der Waals surface area contributed by atoms with Crippen LogP contribution in [-0.4, -0.2) is 27.8 Å². The first-order valence-corrected chi connectivity index (χ1v) is 7.18. The summed E-state index contributed by atoms with van der Waals surface area (Å²) in [6, 6.07) is 1.34. The molecular weight excluding hydrogens is 194 g/mol. The second kappa shape index (κ2) is 3.93. The Hall–Kier alpha value is 0.110. The van der Waals surface area contributed by atoms with Crippen molar-refractivity contribution in [3.05, 3.63) is 0 Å². The first-order chi connectivity index (χ1) is 6.58. The van der Waals surface area contributed by atoms with Crippen molar-refractivity contribution in [1.29, 1.82) is 0 Å². The topological polar surface area (TPSA) is 29.1 Å². The van der Waals surface area contributed by atoms with Crippen molar-refractivity contribution < 1.29 is 4.21 Å². The zero-order valence-corrected chi connectivity index (χ0v) is 10.0. The van der Waals surface area contributed by atoms with Crippen molar-refractivity contribution >= 4 is 10.8 Å². The molecule has 2 aliphatic rings. The van der Waals surface area contributed by atoms with E-state index in [0.717, 1.165) is 24.3 Å². The van der Waals surface area contributed by atoms with Gasteiger partial charge in [-0.1, -0.05) is 13.8 Å². The number of nitrogens with one attached hydrogen (secondary N) is 1. The summed E-state index contributed by atoms with van der Waals surface area (Å²) in [6.45, 7) is 4.68. The van der Waals surface area contributed by atoms with Crippen LogP contribution in [0.2, 0.25) is 0 Å². The van der Waals surface area contributed by atoms with Crippen LogP contribution in [0.15, 0.2) is 0 Å². The Morgan fingerprint density at radius 2 is 1.86 bits per heavy atom. The SMILES string of the molecule is CC1(C)CCC1NC1CCS(=O)CC1. The minimum atomic E-state index is -0.519. The van der Waals surface area contributed by atoms with Gasteiger partial charge in [-0.15, -0.1) is 0 Å². The summed E-state index contributed by atoms with van der Waals surface area (Å²) in [4.78, 5) is 0. The van der Waals surface area contributed by atoms with Crippen LogP contribution in [-0.2, 0) is 10.8 Å². The lowest BCUT2D eigenvalue weighted by Gasteiger charge is -2.47. The van der Waals surface area contributed by atoms with Crippen molar-refractivity contribution in [1.82, 2.24) is 5.32 Å². The lowest BCUT2D eigenvalue weighted by Crippen LogP contribution is -2.54. The molecule has 82 valence electrons. The van der Waals surface area contributed by atoms with Crippen LogP contribution in [0.25, 0.3) is 0 Å². The van der Waals surface area contributed by atoms with E-state index in [-0.39, 0.29) is 0 Å². The number of hydrogen-bond donors (Lipinski definition) is 1. The molecule has 0 spiro atoms. The van der Waals surface area contributed by atoms with Gasteiger partial charge >= 0.3 is 0 Å². The highest BCUT2D eigenvalue weighted by Crippen LogP contribution is 2.40. The molecule has 0 bridgehead atoms. The van der Waals surface area contributed by atoms with Gasteiger partial charge in [0.2, 0.25) is 0 Å². The van der Waals surface area contributed by atoms with Crippen LogP contribution < -0.4 is 5.32 Å². The monoisotopic (exact) mass is 215 g/mol. The Morgan fingerprint density at radius 3 is 2.29 bits per heavy atom. The molecule has 1 saturated carbocycles. The Kier molecular flexibility index (Phi) is 2.98. The van der Waals surface area contributed by atoms with E-state index >= 15 is 0 Å². The largest absolute Gasteiger partial charge is 0.311 e. The summed E-state index contributed by atoms with van der Waals surface area (Å²) in [6.07, 6.45) is 4.90. The molecule has 2 nitrogen and oxygen atoms in total. The van der Waals surface area contributed by atoms with Gasteiger partial charge in [-0.3, -0.25) is 4.21 Å². The molecule has 2 fully saturated rings. The lowest BCUT2D eigenvalue weighted by molar-refractivity contribution is 0.0962. The molecule has 1 heterocycles. The van der Waals surface area contributed by atoms with E-state index in [1.54, 1.807) is 0 Å². The predicted octanol–water partition coefficient (Wildman–Crippen LogP) is 1.68. The molecule has 0 aromatic carbocycles. The molecule has 0 aromatic heterocycles. The van der Waals surface area contributed by atoms with Crippen LogP contribution in [0.5, 0.6) is 0 Å². The fourth-order valence-electron chi connectivity index (χ4n) is 2.42. The summed E-state index contributed by atoms with van der Waals surface area (Å²) in [7, 11) is -0.519. The summed E-state index contributed by atoms with van der Waals surface area (Å²) in [5.41, 5.74) is 0.497. The molecule has 0 amide bonds. The highest BCUT2D eigenvalue weighted by atomic mass is 32.2. The maximum atomic E-state index is 11.2. The molecule has 2 rings (SSSR count). The van der Waals surface area contributed by atoms with Crippen LogP contribution in [0.4, 0.5) is 0 Å². The molecule has 3 heteroatoms. The Labute approximate surface area is 89.3 Å². The summed E-state index contributed by atoms with van der Waals surface area (Å²) in [5, 5.41) is 3.73. The molecule has 0 aromatic rings. The van der Waals surface area contributed by atoms with E-state index in [2.05, 4.69) is 19.2 Å². The van der Waals surface area contributed by atoms with E-state index in [1.165, 1.54) is 12.8 Å². The van der Waals surface area contributed by atoms with Crippen molar-refractivity contribution in [2.75, 3.05) is 11.5 Å². The van der Waals surface area contributed by atoms with Crippen molar-refractivity contribution in [3.8, 4) is 0 Å². The van der Waals surface area contributed by atoms with E-state index < -0.39 is 10.8 Å². The molecule has 14 heavy (non-hydrogen) atoms. The van der Waals surface area contributed by atoms with E-state index in [9.17, 15) is 4.21 Å². The average molecular weight is 215 g/mol. The average Bonchev–Trinajstić information content (AvgIpc) is 2.15. The standard InChI is InChI=1S/C11H21NOS/c1-11(2)6-3-10(11)12-9-4-7-14(13)8-5-9/h9-10,12H,3-8H2,1-2H3. The fourth-order valence-corrected chi connectivity index (χ4v) is 3.72. The van der Waals surface area contributed by atoms with Gasteiger partial charge in [0, 0.05) is 34.4 Å². The Morgan fingerprint density at radius 1 is 1.21 bits per heavy atom. The Bertz CT molecular complexity index is 229. The smallest absolute Gasteiger partial charge is 0.0249 e. The minimum Gasteiger partial charge on any atom is -0.311 e. The molecule has 1 saturated heterocycles. The zero-order valence-electron chi connectivity index (χ0n) is 9.21. The van der Waals surface area contributed by atoms with Gasteiger partial charge in [-0.2, -0.15) is 0 Å². The second-order valence-corrected chi connectivity index (χ2v) is 7.07. The van der Waals surface area contributed by atoms with Crippen LogP contribution >= 0.6 is 0 Å². The molecule has 1 aliphatic carbocycles. The zero-order chi connectivity index (χ0) is 10.2. The van der Waals surface area contributed by atoms with Crippen LogP contribution in [0.1, 0.15) is 39.5 Å². The molecule has 0 radical (unpaired) electrons. The van der Waals surface area contributed by atoms with E-state index in [1.807, 2.05) is 0 Å². The first kappa shape index (κ1) is 10.6. The number of hydrogen-bond acceptors (Lipinski definition) is 2. The second-order valence-electron chi connectivity index (χ2n) is 5.37. The summed E-state index contributed by atoms with van der Waals surface area (Å²) < 4.78 is 11.2. The maximum absolute atomic E-state index is 11.2. The normalized spacial score (nSPS) is 41.7. The van der Waals surface area contributed by atoms with Crippen molar-refractivity contribution in [2.24, 2.45) is 5.41 Å². The van der Waals surface area contributed by atoms with Gasteiger partial charge in [0.1, 0.15) is 0 Å². The third-order valence-corrected chi connectivity index (χ3v) is 5.23. The Balaban J connectivity index is 1.78. The van der Waals surface area contributed by atoms with Gasteiger partial charge in [0.15, 0.2) is 0 Å². The van der Waals surface area contributed by atoms with Crippen molar-refractivity contribution in [3.63, 3.8) is 0 Å². The van der Waals surface area contributed by atoms with Gasteiger partial charge in [-0.05, 0) is 31.1 Å². The predicted molar refractivity (Wildman–Crippen MR) is 60.8 cm³/mol. The molecule has 1 atom stereocenters. The van der Waals surface area contributed by atoms with Gasteiger partial charge in [-0.25, -0.2) is 0 Å². The highest BCUT2D eigenvalue weighted by Gasteiger charge is 2.39. The number of rotatable bonds is 2. The van der Waals surface area contributed by atoms with Gasteiger partial charge in [0.05, 0.1) is 0 Å². The van der Waals surface area contributed by atoms with Crippen LogP contribution in [0, 0.1) is 5.41 Å². The third-order valence-electron chi connectivity index (χ3n) is 3.85. The van der Waals surface area contributed by atoms with E-state index in [0.29, 0.717) is 17.5 Å². The summed E-state index contributed by atoms with van der Waals surface area (Å²) in [5.74, 6) is 1.82. The maximum Gasteiger partial charge on any atom is 0.0249 e. The minimum absolute atomic E-state index is 0.497. The lowest BCUT2D eigenvalue weighted by atomic mass is 9.67. The quantitative estimate of drug-likeness (QED) is 0.759. The summed E-state index contributed by atoms with van der Waals surface area (Å²) >= 11 is 0. The molecular formula is C11H21NOS. The van der Waals surface area contributed by atoms with Gasteiger partial charge < -0.3 is 5.32 Å².